The van der Waals surface area contributed by atoms with Gasteiger partial charge >= 0.3 is 0 Å². The molecule has 0 radical (unpaired) electrons. The summed E-state index contributed by atoms with van der Waals surface area (Å²) < 4.78 is 19.7. The van der Waals surface area contributed by atoms with Crippen molar-refractivity contribution in [3.63, 3.8) is 0 Å². The average molecular weight is 387 g/mol. The van der Waals surface area contributed by atoms with Crippen molar-refractivity contribution in [2.24, 2.45) is 0 Å². The molecule has 0 aliphatic heterocycles. The molecule has 1 atom stereocenters. The van der Waals surface area contributed by atoms with Crippen molar-refractivity contribution in [1.29, 1.82) is 0 Å². The van der Waals surface area contributed by atoms with Gasteiger partial charge in [-0.1, -0.05) is 22.0 Å². The van der Waals surface area contributed by atoms with Crippen LogP contribution in [0, 0.1) is 12.7 Å². The highest BCUT2D eigenvalue weighted by atomic mass is 79.9. The van der Waals surface area contributed by atoms with Crippen LogP contribution < -0.4 is 5.43 Å². The maximum atomic E-state index is 13.5. The van der Waals surface area contributed by atoms with Crippen LogP contribution in [0.4, 0.5) is 4.39 Å². The normalized spacial score (nSPS) is 14.3. The minimum Gasteiger partial charge on any atom is -0.455 e. The Balaban J connectivity index is 2.11. The highest BCUT2D eigenvalue weighted by Crippen LogP contribution is 2.37. The molecule has 24 heavy (non-hydrogen) atoms. The van der Waals surface area contributed by atoms with E-state index in [1.807, 2.05) is 26.0 Å². The Bertz CT molecular complexity index is 1030. The Hall–Kier alpha value is -1.94. The molecule has 0 bridgehead atoms. The quantitative estimate of drug-likeness (QED) is 0.519. The summed E-state index contributed by atoms with van der Waals surface area (Å²) >= 11 is 3.59. The molecule has 122 valence electrons. The summed E-state index contributed by atoms with van der Waals surface area (Å²) in [5, 5.41) is 0.626. The zero-order valence-electron chi connectivity index (χ0n) is 13.5. The third kappa shape index (κ3) is 2.32. The van der Waals surface area contributed by atoms with Gasteiger partial charge in [-0.05, 0) is 62.1 Å². The second-order valence-electron chi connectivity index (χ2n) is 6.39. The molecule has 1 aromatic heterocycles. The number of halogens is 2. The number of alkyl halides is 1. The summed E-state index contributed by atoms with van der Waals surface area (Å²) in [7, 11) is 0. The van der Waals surface area contributed by atoms with Crippen molar-refractivity contribution in [2.45, 2.75) is 31.5 Å². The molecule has 2 aromatic carbocycles. The molecule has 0 saturated carbocycles. The molecule has 0 fully saturated rings. The van der Waals surface area contributed by atoms with Crippen molar-refractivity contribution in [3.8, 4) is 11.3 Å². The molecule has 1 aliphatic rings. The summed E-state index contributed by atoms with van der Waals surface area (Å²) in [5.74, 6) is 0.331. The largest absolute Gasteiger partial charge is 0.455 e. The average Bonchev–Trinajstić information content (AvgIpc) is 2.54. The Morgan fingerprint density at radius 3 is 2.75 bits per heavy atom. The predicted octanol–water partition coefficient (Wildman–Crippen LogP) is 5.46. The van der Waals surface area contributed by atoms with Crippen LogP contribution in [0.15, 0.2) is 39.5 Å². The smallest absolute Gasteiger partial charge is 0.196 e. The molecule has 4 rings (SSSR count). The molecular formula is C20H16BrFO2. The Kier molecular flexibility index (Phi) is 3.61. The Labute approximate surface area is 147 Å². The van der Waals surface area contributed by atoms with Crippen molar-refractivity contribution in [3.05, 3.63) is 68.6 Å². The number of benzene rings is 2. The first-order valence-corrected chi connectivity index (χ1v) is 8.90. The molecule has 4 heteroatoms. The van der Waals surface area contributed by atoms with Crippen LogP contribution in [0.1, 0.15) is 34.0 Å². The van der Waals surface area contributed by atoms with Crippen LogP contribution in [-0.2, 0) is 12.8 Å². The van der Waals surface area contributed by atoms with Gasteiger partial charge in [0, 0.05) is 21.5 Å². The lowest BCUT2D eigenvalue weighted by Crippen LogP contribution is -2.17. The fourth-order valence-corrected chi connectivity index (χ4v) is 3.84. The van der Waals surface area contributed by atoms with Crippen LogP contribution >= 0.6 is 15.9 Å². The number of fused-ring (bicyclic) bond motifs is 4. The first-order valence-electron chi connectivity index (χ1n) is 7.99. The monoisotopic (exact) mass is 386 g/mol. The molecule has 1 heterocycles. The predicted molar refractivity (Wildman–Crippen MR) is 97.4 cm³/mol. The zero-order valence-corrected chi connectivity index (χ0v) is 15.0. The van der Waals surface area contributed by atoms with Crippen LogP contribution in [0.5, 0.6) is 0 Å². The van der Waals surface area contributed by atoms with Crippen molar-refractivity contribution >= 4 is 26.9 Å². The van der Waals surface area contributed by atoms with Gasteiger partial charge in [0.1, 0.15) is 17.2 Å². The van der Waals surface area contributed by atoms with Gasteiger partial charge in [-0.25, -0.2) is 4.39 Å². The molecule has 1 unspecified atom stereocenters. The van der Waals surface area contributed by atoms with Gasteiger partial charge in [0.25, 0.3) is 0 Å². The molecule has 0 N–H and O–H groups in total. The molecule has 0 spiro atoms. The van der Waals surface area contributed by atoms with Crippen LogP contribution in [0.3, 0.4) is 0 Å². The molecule has 0 amide bonds. The zero-order chi connectivity index (χ0) is 17.0. The number of hydrogen-bond acceptors (Lipinski definition) is 2. The van der Waals surface area contributed by atoms with Crippen LogP contribution in [0.25, 0.3) is 22.3 Å². The number of aryl methyl sites for hydroxylation is 2. The van der Waals surface area contributed by atoms with Gasteiger partial charge in [0.2, 0.25) is 0 Å². The SMILES string of the molecule is Cc1cc(C(C)Br)c2oc3c(c(=O)c2c1)CCc1cc(F)ccc1-3. The lowest BCUT2D eigenvalue weighted by atomic mass is 9.88. The molecule has 0 saturated heterocycles. The van der Waals surface area contributed by atoms with E-state index in [4.69, 9.17) is 4.42 Å². The number of hydrogen-bond donors (Lipinski definition) is 0. The van der Waals surface area contributed by atoms with E-state index in [1.165, 1.54) is 12.1 Å². The maximum absolute atomic E-state index is 13.5. The highest BCUT2D eigenvalue weighted by molar-refractivity contribution is 9.09. The van der Waals surface area contributed by atoms with E-state index in [0.29, 0.717) is 35.1 Å². The minimum absolute atomic E-state index is 0.0272. The van der Waals surface area contributed by atoms with Gasteiger partial charge in [-0.2, -0.15) is 0 Å². The van der Waals surface area contributed by atoms with Gasteiger partial charge in [0.15, 0.2) is 5.43 Å². The fourth-order valence-electron chi connectivity index (χ4n) is 3.50. The summed E-state index contributed by atoms with van der Waals surface area (Å²) in [6.07, 6.45) is 1.24. The fraction of sp³-hybridized carbons (Fsp3) is 0.250. The van der Waals surface area contributed by atoms with Gasteiger partial charge in [-0.3, -0.25) is 4.79 Å². The van der Waals surface area contributed by atoms with E-state index < -0.39 is 0 Å². The Morgan fingerprint density at radius 1 is 1.21 bits per heavy atom. The van der Waals surface area contributed by atoms with Gasteiger partial charge in [0.05, 0.1) is 5.39 Å². The van der Waals surface area contributed by atoms with Crippen molar-refractivity contribution in [1.82, 2.24) is 0 Å². The first-order chi connectivity index (χ1) is 11.5. The van der Waals surface area contributed by atoms with Crippen LogP contribution in [-0.4, -0.2) is 0 Å². The Morgan fingerprint density at radius 2 is 2.00 bits per heavy atom. The van der Waals surface area contributed by atoms with E-state index in [0.717, 1.165) is 22.3 Å². The second-order valence-corrected chi connectivity index (χ2v) is 7.76. The second kappa shape index (κ2) is 5.55. The highest BCUT2D eigenvalue weighted by Gasteiger charge is 2.24. The maximum Gasteiger partial charge on any atom is 0.196 e. The van der Waals surface area contributed by atoms with Gasteiger partial charge < -0.3 is 4.42 Å². The number of rotatable bonds is 1. The van der Waals surface area contributed by atoms with E-state index in [-0.39, 0.29) is 16.1 Å². The van der Waals surface area contributed by atoms with E-state index >= 15 is 0 Å². The third-order valence-electron chi connectivity index (χ3n) is 4.64. The van der Waals surface area contributed by atoms with E-state index in [1.54, 1.807) is 6.07 Å². The molecule has 2 nitrogen and oxygen atoms in total. The summed E-state index contributed by atoms with van der Waals surface area (Å²) in [5.41, 5.74) is 5.05. The van der Waals surface area contributed by atoms with Crippen LogP contribution in [0.2, 0.25) is 0 Å². The minimum atomic E-state index is -0.259. The van der Waals surface area contributed by atoms with Crippen molar-refractivity contribution in [2.75, 3.05) is 0 Å². The topological polar surface area (TPSA) is 30.2 Å². The van der Waals surface area contributed by atoms with E-state index in [9.17, 15) is 9.18 Å². The summed E-state index contributed by atoms with van der Waals surface area (Å²) in [4.78, 5) is 13.1. The lowest BCUT2D eigenvalue weighted by Gasteiger charge is -2.20. The summed E-state index contributed by atoms with van der Waals surface area (Å²) in [6.45, 7) is 3.99. The van der Waals surface area contributed by atoms with E-state index in [2.05, 4.69) is 15.9 Å². The molecule has 1 aliphatic carbocycles. The summed E-state index contributed by atoms with van der Waals surface area (Å²) in [6, 6.07) is 8.59. The third-order valence-corrected chi connectivity index (χ3v) is 5.14. The molecule has 3 aromatic rings. The van der Waals surface area contributed by atoms with Crippen molar-refractivity contribution < 1.29 is 8.81 Å². The lowest BCUT2D eigenvalue weighted by molar-refractivity contribution is 0.594. The first kappa shape index (κ1) is 15.6. The van der Waals surface area contributed by atoms with Gasteiger partial charge in [-0.15, -0.1) is 0 Å². The standard InChI is InChI=1S/C20H16BrFO2/c1-10-7-16(11(2)21)20-17(8-10)18(23)15-5-3-12-9-13(22)4-6-14(12)19(15)24-20/h4,6-9,11H,3,5H2,1-2H3. The molecular weight excluding hydrogens is 371 g/mol.